The van der Waals surface area contributed by atoms with Gasteiger partial charge in [0.1, 0.15) is 0 Å². The summed E-state index contributed by atoms with van der Waals surface area (Å²) in [6, 6.07) is 16.3. The summed E-state index contributed by atoms with van der Waals surface area (Å²) in [4.78, 5) is 20.8. The number of hydrogen-bond acceptors (Lipinski definition) is 4. The van der Waals surface area contributed by atoms with Crippen LogP contribution in [0, 0.1) is 13.8 Å². The predicted octanol–water partition coefficient (Wildman–Crippen LogP) is 4.39. The van der Waals surface area contributed by atoms with Crippen molar-refractivity contribution in [2.75, 3.05) is 17.2 Å². The van der Waals surface area contributed by atoms with Crippen LogP contribution in [0.2, 0.25) is 0 Å². The van der Waals surface area contributed by atoms with Crippen molar-refractivity contribution in [2.45, 2.75) is 26.7 Å². The first kappa shape index (κ1) is 18.6. The molecular weight excluding hydrogens is 336 g/mol. The molecular formula is C22H24N4O. The maximum atomic E-state index is 12.4. The van der Waals surface area contributed by atoms with Gasteiger partial charge in [0, 0.05) is 24.6 Å². The maximum absolute atomic E-state index is 12.4. The topological polar surface area (TPSA) is 66.9 Å². The Labute approximate surface area is 159 Å². The first-order valence-electron chi connectivity index (χ1n) is 9.09. The Morgan fingerprint density at radius 1 is 0.963 bits per heavy atom. The molecule has 2 N–H and O–H groups in total. The molecule has 0 aliphatic rings. The van der Waals surface area contributed by atoms with Crippen LogP contribution in [0.1, 0.15) is 33.5 Å². The van der Waals surface area contributed by atoms with E-state index in [9.17, 15) is 4.79 Å². The van der Waals surface area contributed by atoms with Gasteiger partial charge in [-0.2, -0.15) is 0 Å². The molecule has 0 saturated heterocycles. The maximum Gasteiger partial charge on any atom is 0.258 e. The van der Waals surface area contributed by atoms with Crippen LogP contribution in [-0.4, -0.2) is 22.4 Å². The average Bonchev–Trinajstić information content (AvgIpc) is 2.66. The van der Waals surface area contributed by atoms with E-state index >= 15 is 0 Å². The van der Waals surface area contributed by atoms with Gasteiger partial charge in [-0.1, -0.05) is 36.4 Å². The second-order valence-corrected chi connectivity index (χ2v) is 6.64. The van der Waals surface area contributed by atoms with Gasteiger partial charge in [-0.15, -0.1) is 0 Å². The zero-order valence-electron chi connectivity index (χ0n) is 15.7. The third-order valence-electron chi connectivity index (χ3n) is 4.16. The van der Waals surface area contributed by atoms with Crippen LogP contribution in [-0.2, 0) is 6.42 Å². The summed E-state index contributed by atoms with van der Waals surface area (Å²) in [7, 11) is 0. The van der Waals surface area contributed by atoms with Gasteiger partial charge >= 0.3 is 0 Å². The van der Waals surface area contributed by atoms with E-state index in [2.05, 4.69) is 38.8 Å². The van der Waals surface area contributed by atoms with Gasteiger partial charge in [-0.05, 0) is 55.5 Å². The quantitative estimate of drug-likeness (QED) is 0.613. The minimum Gasteiger partial charge on any atom is -0.354 e. The van der Waals surface area contributed by atoms with E-state index in [1.54, 1.807) is 12.4 Å². The van der Waals surface area contributed by atoms with Crippen LogP contribution < -0.4 is 10.6 Å². The number of amides is 1. The van der Waals surface area contributed by atoms with E-state index in [1.165, 1.54) is 5.56 Å². The Balaban J connectivity index is 1.49. The van der Waals surface area contributed by atoms with E-state index in [1.807, 2.05) is 44.2 Å². The Morgan fingerprint density at radius 2 is 1.63 bits per heavy atom. The summed E-state index contributed by atoms with van der Waals surface area (Å²) in [5.74, 6) is 0.321. The molecule has 0 fully saturated rings. The van der Waals surface area contributed by atoms with Crippen molar-refractivity contribution in [1.82, 2.24) is 9.97 Å². The van der Waals surface area contributed by atoms with E-state index in [-0.39, 0.29) is 5.91 Å². The number of rotatable bonds is 7. The van der Waals surface area contributed by atoms with Gasteiger partial charge < -0.3 is 10.6 Å². The fourth-order valence-corrected chi connectivity index (χ4v) is 2.92. The minimum absolute atomic E-state index is 0.212. The van der Waals surface area contributed by atoms with Gasteiger partial charge in [-0.3, -0.25) is 4.79 Å². The van der Waals surface area contributed by atoms with Crippen LogP contribution in [0.25, 0.3) is 0 Å². The molecule has 5 nitrogen and oxygen atoms in total. The SMILES string of the molecule is Cc1cc(C)cc(NC(=O)c2cnc(NCCCc3ccccc3)nc2)c1. The molecule has 1 amide bonds. The highest BCUT2D eigenvalue weighted by atomic mass is 16.1. The lowest BCUT2D eigenvalue weighted by atomic mass is 10.1. The van der Waals surface area contributed by atoms with E-state index < -0.39 is 0 Å². The molecule has 0 bridgehead atoms. The molecule has 0 unspecified atom stereocenters. The molecule has 0 saturated carbocycles. The molecule has 5 heteroatoms. The number of anilines is 2. The number of carbonyl (C=O) groups excluding carboxylic acids is 1. The molecule has 0 radical (unpaired) electrons. The number of aromatic nitrogens is 2. The first-order valence-corrected chi connectivity index (χ1v) is 9.09. The number of carbonyl (C=O) groups is 1. The van der Waals surface area contributed by atoms with Crippen molar-refractivity contribution >= 4 is 17.5 Å². The zero-order chi connectivity index (χ0) is 19.1. The Kier molecular flexibility index (Phi) is 6.15. The summed E-state index contributed by atoms with van der Waals surface area (Å²) in [5, 5.41) is 6.08. The van der Waals surface area contributed by atoms with Crippen molar-refractivity contribution in [3.63, 3.8) is 0 Å². The lowest BCUT2D eigenvalue weighted by Crippen LogP contribution is -2.14. The third-order valence-corrected chi connectivity index (χ3v) is 4.16. The Bertz CT molecular complexity index is 872. The summed E-state index contributed by atoms with van der Waals surface area (Å²) >= 11 is 0. The molecule has 0 aliphatic carbocycles. The van der Waals surface area contributed by atoms with E-state index in [4.69, 9.17) is 0 Å². The van der Waals surface area contributed by atoms with Gasteiger partial charge in [0.05, 0.1) is 5.56 Å². The normalized spacial score (nSPS) is 10.4. The smallest absolute Gasteiger partial charge is 0.258 e. The summed E-state index contributed by atoms with van der Waals surface area (Å²) < 4.78 is 0. The monoisotopic (exact) mass is 360 g/mol. The van der Waals surface area contributed by atoms with E-state index in [0.29, 0.717) is 11.5 Å². The molecule has 0 aliphatic heterocycles. The molecule has 3 rings (SSSR count). The predicted molar refractivity (Wildman–Crippen MR) is 109 cm³/mol. The molecule has 27 heavy (non-hydrogen) atoms. The summed E-state index contributed by atoms with van der Waals surface area (Å²) in [5.41, 5.74) is 4.75. The molecule has 1 aromatic heterocycles. The molecule has 1 heterocycles. The molecule has 3 aromatic rings. The lowest BCUT2D eigenvalue weighted by Gasteiger charge is -2.08. The lowest BCUT2D eigenvalue weighted by molar-refractivity contribution is 0.102. The summed E-state index contributed by atoms with van der Waals surface area (Å²) in [6.07, 6.45) is 5.08. The fourth-order valence-electron chi connectivity index (χ4n) is 2.92. The van der Waals surface area contributed by atoms with Gasteiger partial charge in [0.25, 0.3) is 5.91 Å². The second-order valence-electron chi connectivity index (χ2n) is 6.64. The van der Waals surface area contributed by atoms with Crippen LogP contribution in [0.15, 0.2) is 60.9 Å². The number of nitrogens with zero attached hydrogens (tertiary/aromatic N) is 2. The first-order chi connectivity index (χ1) is 13.1. The molecule has 138 valence electrons. The number of nitrogens with one attached hydrogen (secondary N) is 2. The Morgan fingerprint density at radius 3 is 2.30 bits per heavy atom. The zero-order valence-corrected chi connectivity index (χ0v) is 15.7. The Hall–Kier alpha value is -3.21. The van der Waals surface area contributed by atoms with Crippen LogP contribution in [0.5, 0.6) is 0 Å². The summed E-state index contributed by atoms with van der Waals surface area (Å²) in [6.45, 7) is 4.79. The van der Waals surface area contributed by atoms with Crippen molar-refractivity contribution in [1.29, 1.82) is 0 Å². The highest BCUT2D eigenvalue weighted by molar-refractivity contribution is 6.04. The van der Waals surface area contributed by atoms with Gasteiger partial charge in [0.2, 0.25) is 5.95 Å². The highest BCUT2D eigenvalue weighted by Crippen LogP contribution is 2.15. The van der Waals surface area contributed by atoms with Crippen LogP contribution in [0.3, 0.4) is 0 Å². The number of hydrogen-bond donors (Lipinski definition) is 2. The molecule has 2 aromatic carbocycles. The van der Waals surface area contributed by atoms with Crippen molar-refractivity contribution < 1.29 is 4.79 Å². The van der Waals surface area contributed by atoms with Gasteiger partial charge in [0.15, 0.2) is 0 Å². The molecule has 0 atom stereocenters. The van der Waals surface area contributed by atoms with Crippen LogP contribution >= 0.6 is 0 Å². The van der Waals surface area contributed by atoms with Crippen molar-refractivity contribution in [3.05, 3.63) is 83.2 Å². The fraction of sp³-hybridized carbons (Fsp3) is 0.227. The molecule has 0 spiro atoms. The largest absolute Gasteiger partial charge is 0.354 e. The van der Waals surface area contributed by atoms with Crippen molar-refractivity contribution in [3.8, 4) is 0 Å². The second kappa shape index (κ2) is 8.94. The van der Waals surface area contributed by atoms with Gasteiger partial charge in [-0.25, -0.2) is 9.97 Å². The third kappa shape index (κ3) is 5.64. The standard InChI is InChI=1S/C22H24N4O/c1-16-11-17(2)13-20(12-16)26-21(27)19-14-24-22(25-15-19)23-10-6-9-18-7-4-3-5-8-18/h3-5,7-8,11-15H,6,9-10H2,1-2H3,(H,26,27)(H,23,24,25). The van der Waals surface area contributed by atoms with Crippen LogP contribution in [0.4, 0.5) is 11.6 Å². The highest BCUT2D eigenvalue weighted by Gasteiger charge is 2.08. The van der Waals surface area contributed by atoms with Crippen molar-refractivity contribution in [2.24, 2.45) is 0 Å². The number of aryl methyl sites for hydroxylation is 3. The minimum atomic E-state index is -0.212. The average molecular weight is 360 g/mol. The van der Waals surface area contributed by atoms with E-state index in [0.717, 1.165) is 36.2 Å². The number of benzene rings is 2.